The van der Waals surface area contributed by atoms with Crippen LogP contribution in [0.3, 0.4) is 0 Å². The maximum absolute atomic E-state index is 12.9. The van der Waals surface area contributed by atoms with Crippen LogP contribution in [0.15, 0.2) is 36.4 Å². The number of nitrogens with zero attached hydrogens (tertiary/aromatic N) is 1. The van der Waals surface area contributed by atoms with Crippen molar-refractivity contribution in [1.82, 2.24) is 0 Å². The predicted molar refractivity (Wildman–Crippen MR) is 127 cm³/mol. The van der Waals surface area contributed by atoms with Crippen molar-refractivity contribution in [3.63, 3.8) is 0 Å². The summed E-state index contributed by atoms with van der Waals surface area (Å²) in [4.78, 5) is 12.9. The summed E-state index contributed by atoms with van der Waals surface area (Å²) in [6.45, 7) is 4.96. The smallest absolute Gasteiger partial charge is 0.333 e. The third-order valence-corrected chi connectivity index (χ3v) is 6.19. The highest BCUT2D eigenvalue weighted by molar-refractivity contribution is 5.82. The van der Waals surface area contributed by atoms with Crippen LogP contribution in [-0.2, 0) is 22.4 Å². The quantitative estimate of drug-likeness (QED) is 0.467. The van der Waals surface area contributed by atoms with Gasteiger partial charge in [0.05, 0.1) is 25.3 Å². The van der Waals surface area contributed by atoms with Crippen LogP contribution in [0, 0.1) is 17.2 Å². The number of ether oxygens (including phenoxy) is 2. The van der Waals surface area contributed by atoms with Crippen molar-refractivity contribution in [2.45, 2.75) is 64.8 Å². The normalized spacial score (nSPS) is 14.6. The van der Waals surface area contributed by atoms with Crippen molar-refractivity contribution in [2.75, 3.05) is 19.0 Å². The maximum Gasteiger partial charge on any atom is 0.333 e. The fourth-order valence-electron chi connectivity index (χ4n) is 4.40. The van der Waals surface area contributed by atoms with Gasteiger partial charge in [-0.05, 0) is 73.1 Å². The van der Waals surface area contributed by atoms with Gasteiger partial charge in [-0.3, -0.25) is 0 Å². The Morgan fingerprint density at radius 2 is 1.91 bits per heavy atom. The lowest BCUT2D eigenvalue weighted by Crippen LogP contribution is -2.24. The first-order valence-corrected chi connectivity index (χ1v) is 11.7. The van der Waals surface area contributed by atoms with E-state index in [2.05, 4.69) is 37.4 Å². The molecule has 1 fully saturated rings. The van der Waals surface area contributed by atoms with Gasteiger partial charge in [-0.15, -0.1) is 0 Å². The van der Waals surface area contributed by atoms with Gasteiger partial charge in [-0.25, -0.2) is 4.79 Å². The van der Waals surface area contributed by atoms with Crippen LogP contribution in [0.5, 0.6) is 5.75 Å². The van der Waals surface area contributed by atoms with Crippen molar-refractivity contribution in [3.8, 4) is 11.8 Å². The molecule has 0 heterocycles. The molecule has 0 aromatic heterocycles. The van der Waals surface area contributed by atoms with Crippen LogP contribution >= 0.6 is 0 Å². The van der Waals surface area contributed by atoms with E-state index in [0.29, 0.717) is 18.1 Å². The summed E-state index contributed by atoms with van der Waals surface area (Å²) < 4.78 is 11.6. The number of aryl methyl sites for hydroxylation is 2. The number of esters is 1. The lowest BCUT2D eigenvalue weighted by molar-refractivity contribution is -0.141. The van der Waals surface area contributed by atoms with E-state index in [1.165, 1.54) is 38.4 Å². The lowest BCUT2D eigenvalue weighted by Gasteiger charge is -2.25. The molecule has 2 aromatic carbocycles. The number of nitrogens with one attached hydrogen (secondary N) is 1. The molecule has 1 N–H and O–H groups in total. The number of methoxy groups -OCH3 is 1. The van der Waals surface area contributed by atoms with E-state index < -0.39 is 6.04 Å². The van der Waals surface area contributed by atoms with Crippen LogP contribution in [0.25, 0.3) is 0 Å². The Kier molecular flexibility index (Phi) is 8.56. The highest BCUT2D eigenvalue weighted by atomic mass is 16.5. The van der Waals surface area contributed by atoms with Gasteiger partial charge in [0.2, 0.25) is 0 Å². The summed E-state index contributed by atoms with van der Waals surface area (Å²) in [5, 5.41) is 12.4. The summed E-state index contributed by atoms with van der Waals surface area (Å²) in [6, 6.07) is 12.8. The van der Waals surface area contributed by atoms with Crippen LogP contribution in [0.4, 0.5) is 5.69 Å². The second-order valence-electron chi connectivity index (χ2n) is 8.53. The second-order valence-corrected chi connectivity index (χ2v) is 8.53. The Hall–Kier alpha value is -3.00. The zero-order chi connectivity index (χ0) is 22.9. The van der Waals surface area contributed by atoms with Crippen molar-refractivity contribution >= 4 is 11.7 Å². The molecule has 5 nitrogen and oxygen atoms in total. The third kappa shape index (κ3) is 5.82. The van der Waals surface area contributed by atoms with Crippen molar-refractivity contribution in [2.24, 2.45) is 5.92 Å². The van der Waals surface area contributed by atoms with Crippen molar-refractivity contribution in [3.05, 3.63) is 58.7 Å². The predicted octanol–water partition coefficient (Wildman–Crippen LogP) is 5.97. The lowest BCUT2D eigenvalue weighted by atomic mass is 9.95. The first kappa shape index (κ1) is 23.7. The average molecular weight is 435 g/mol. The zero-order valence-corrected chi connectivity index (χ0v) is 19.4. The minimum atomic E-state index is -0.700. The van der Waals surface area contributed by atoms with Gasteiger partial charge in [0, 0.05) is 11.3 Å². The summed E-state index contributed by atoms with van der Waals surface area (Å²) in [5.74, 6) is 1.02. The topological polar surface area (TPSA) is 71.4 Å². The van der Waals surface area contributed by atoms with Gasteiger partial charge in [0.15, 0.2) is 6.04 Å². The minimum absolute atomic E-state index is 0.365. The molecule has 1 atom stereocenters. The first-order valence-electron chi connectivity index (χ1n) is 11.7. The number of carbonyl (C=O) groups is 1. The molecule has 5 heteroatoms. The van der Waals surface area contributed by atoms with Crippen molar-refractivity contribution < 1.29 is 14.3 Å². The molecule has 0 saturated heterocycles. The number of nitriles is 1. The fraction of sp³-hybridized carbons (Fsp3) is 0.481. The second kappa shape index (κ2) is 11.6. The Bertz CT molecular complexity index is 941. The molecule has 3 rings (SSSR count). The van der Waals surface area contributed by atoms with Crippen LogP contribution in [0.1, 0.15) is 74.2 Å². The Morgan fingerprint density at radius 1 is 1.19 bits per heavy atom. The van der Waals surface area contributed by atoms with Gasteiger partial charge >= 0.3 is 5.97 Å². The Labute approximate surface area is 191 Å². The van der Waals surface area contributed by atoms with Gasteiger partial charge in [0.25, 0.3) is 0 Å². The van der Waals surface area contributed by atoms with E-state index in [0.717, 1.165) is 41.8 Å². The molecular weight excluding hydrogens is 400 g/mol. The van der Waals surface area contributed by atoms with Gasteiger partial charge in [-0.1, -0.05) is 39.2 Å². The molecule has 1 aliphatic rings. The minimum Gasteiger partial charge on any atom is -0.493 e. The van der Waals surface area contributed by atoms with E-state index >= 15 is 0 Å². The van der Waals surface area contributed by atoms with Gasteiger partial charge in [0.1, 0.15) is 5.75 Å². The number of carbonyl (C=O) groups excluding carboxylic acids is 1. The van der Waals surface area contributed by atoms with E-state index in [1.54, 1.807) is 12.1 Å². The van der Waals surface area contributed by atoms with E-state index in [1.807, 2.05) is 12.1 Å². The van der Waals surface area contributed by atoms with Gasteiger partial charge < -0.3 is 14.8 Å². The summed E-state index contributed by atoms with van der Waals surface area (Å²) >= 11 is 0. The monoisotopic (exact) mass is 434 g/mol. The molecule has 0 spiro atoms. The van der Waals surface area contributed by atoms with Crippen LogP contribution in [0.2, 0.25) is 0 Å². The average Bonchev–Trinajstić information content (AvgIpc) is 3.35. The molecule has 0 amide bonds. The molecule has 32 heavy (non-hydrogen) atoms. The zero-order valence-electron chi connectivity index (χ0n) is 19.4. The summed E-state index contributed by atoms with van der Waals surface area (Å²) in [5.41, 5.74) is 4.47. The Morgan fingerprint density at radius 3 is 2.50 bits per heavy atom. The maximum atomic E-state index is 12.9. The van der Waals surface area contributed by atoms with E-state index in [4.69, 9.17) is 14.7 Å². The Balaban J connectivity index is 2.01. The molecular formula is C27H34N2O3. The van der Waals surface area contributed by atoms with E-state index in [-0.39, 0.29) is 5.97 Å². The number of benzene rings is 2. The largest absolute Gasteiger partial charge is 0.493 e. The van der Waals surface area contributed by atoms with Gasteiger partial charge in [-0.2, -0.15) is 5.26 Å². The fourth-order valence-corrected chi connectivity index (χ4v) is 4.40. The SMILES string of the molecule is CCCc1cc(CC)cc(C(Nc2ccc(C#N)cc2)C(=O)OC)c1OCC1CCCC1. The highest BCUT2D eigenvalue weighted by Crippen LogP contribution is 2.36. The molecule has 2 aromatic rings. The highest BCUT2D eigenvalue weighted by Gasteiger charge is 2.28. The molecule has 1 aliphatic carbocycles. The summed E-state index contributed by atoms with van der Waals surface area (Å²) in [7, 11) is 1.41. The molecule has 0 radical (unpaired) electrons. The molecule has 0 aliphatic heterocycles. The van der Waals surface area contributed by atoms with Crippen LogP contribution < -0.4 is 10.1 Å². The van der Waals surface area contributed by atoms with Crippen molar-refractivity contribution in [1.29, 1.82) is 5.26 Å². The third-order valence-electron chi connectivity index (χ3n) is 6.19. The molecule has 1 saturated carbocycles. The number of hydrogen-bond donors (Lipinski definition) is 1. The number of hydrogen-bond acceptors (Lipinski definition) is 5. The number of rotatable bonds is 10. The standard InChI is InChI=1S/C27H34N2O3/c1-4-8-22-15-19(5-2)16-24(26(22)32-18-21-9-6-7-10-21)25(27(30)31-3)29-23-13-11-20(17-28)12-14-23/h11-16,21,25,29H,4-10,18H2,1-3H3. The van der Waals surface area contributed by atoms with Crippen LogP contribution in [-0.4, -0.2) is 19.7 Å². The number of anilines is 1. The van der Waals surface area contributed by atoms with E-state index in [9.17, 15) is 4.79 Å². The molecule has 0 bridgehead atoms. The first-order chi connectivity index (χ1) is 15.6. The summed E-state index contributed by atoms with van der Waals surface area (Å²) in [6.07, 6.45) is 7.71. The molecule has 1 unspecified atom stereocenters. The molecule has 170 valence electrons.